The molecule has 4 aliphatic carbocycles. The Hall–Kier alpha value is -0.0400. The normalized spacial score (nSPS) is 58.6. The molecule has 114 valence electrons. The summed E-state index contributed by atoms with van der Waals surface area (Å²) in [6.07, 6.45) is 13.9. The van der Waals surface area contributed by atoms with Crippen LogP contribution in [0.3, 0.4) is 0 Å². The average molecular weight is 276 g/mol. The van der Waals surface area contributed by atoms with E-state index in [1.54, 1.807) is 0 Å². The van der Waals surface area contributed by atoms with Crippen LogP contribution in [0.2, 0.25) is 0 Å². The molecule has 0 aliphatic heterocycles. The molecule has 20 heavy (non-hydrogen) atoms. The van der Waals surface area contributed by atoms with E-state index in [0.29, 0.717) is 16.7 Å². The van der Waals surface area contributed by atoms with Gasteiger partial charge in [-0.05, 0) is 85.9 Å². The number of aliphatic hydroxyl groups excluding tert-OH is 1. The molecule has 7 atom stereocenters. The van der Waals surface area contributed by atoms with Gasteiger partial charge in [0.15, 0.2) is 0 Å². The largest absolute Gasteiger partial charge is 0.393 e. The first-order valence-electron chi connectivity index (χ1n) is 9.23. The Morgan fingerprint density at radius 1 is 0.750 bits per heavy atom. The summed E-state index contributed by atoms with van der Waals surface area (Å²) in [6, 6.07) is 0. The molecule has 4 saturated carbocycles. The van der Waals surface area contributed by atoms with Gasteiger partial charge in [0.05, 0.1) is 6.10 Å². The van der Waals surface area contributed by atoms with Crippen LogP contribution in [0.25, 0.3) is 0 Å². The van der Waals surface area contributed by atoms with Crippen molar-refractivity contribution in [3.63, 3.8) is 0 Å². The van der Waals surface area contributed by atoms with Gasteiger partial charge in [-0.15, -0.1) is 0 Å². The van der Waals surface area contributed by atoms with E-state index in [4.69, 9.17) is 0 Å². The van der Waals surface area contributed by atoms with Gasteiger partial charge in [-0.2, -0.15) is 0 Å². The van der Waals surface area contributed by atoms with Crippen LogP contribution in [-0.4, -0.2) is 11.2 Å². The van der Waals surface area contributed by atoms with Crippen LogP contribution < -0.4 is 0 Å². The van der Waals surface area contributed by atoms with Crippen LogP contribution in [0.4, 0.5) is 0 Å². The number of fused-ring (bicyclic) bond motifs is 5. The van der Waals surface area contributed by atoms with Gasteiger partial charge in [-0.1, -0.05) is 26.7 Å². The molecule has 0 heterocycles. The van der Waals surface area contributed by atoms with Crippen molar-refractivity contribution in [2.24, 2.45) is 34.5 Å². The topological polar surface area (TPSA) is 20.2 Å². The van der Waals surface area contributed by atoms with Crippen molar-refractivity contribution in [3.8, 4) is 0 Å². The second-order valence-corrected chi connectivity index (χ2v) is 9.11. The third-order valence-electron chi connectivity index (χ3n) is 8.40. The maximum Gasteiger partial charge on any atom is 0.0573 e. The van der Waals surface area contributed by atoms with E-state index >= 15 is 0 Å². The third-order valence-corrected chi connectivity index (χ3v) is 8.40. The van der Waals surface area contributed by atoms with Crippen LogP contribution >= 0.6 is 0 Å². The highest BCUT2D eigenvalue weighted by Crippen LogP contribution is 2.66. The molecule has 0 aromatic rings. The number of hydrogen-bond donors (Lipinski definition) is 1. The fraction of sp³-hybridized carbons (Fsp3) is 1.00. The van der Waals surface area contributed by atoms with Gasteiger partial charge in [0.1, 0.15) is 0 Å². The first-order chi connectivity index (χ1) is 9.55. The molecule has 0 spiro atoms. The summed E-state index contributed by atoms with van der Waals surface area (Å²) in [7, 11) is 0. The minimum atomic E-state index is 0.00610. The minimum Gasteiger partial charge on any atom is -0.393 e. The highest BCUT2D eigenvalue weighted by Gasteiger charge is 2.58. The second-order valence-electron chi connectivity index (χ2n) is 9.11. The molecule has 0 aromatic heterocycles. The summed E-state index contributed by atoms with van der Waals surface area (Å²) >= 11 is 0. The Kier molecular flexibility index (Phi) is 3.05. The van der Waals surface area contributed by atoms with E-state index in [2.05, 4.69) is 13.8 Å². The number of aliphatic hydroxyl groups is 1. The number of hydrogen-bond acceptors (Lipinski definition) is 1. The van der Waals surface area contributed by atoms with Crippen molar-refractivity contribution < 1.29 is 5.11 Å². The minimum absolute atomic E-state index is 0.00610. The van der Waals surface area contributed by atoms with E-state index < -0.39 is 0 Å². The number of rotatable bonds is 0. The van der Waals surface area contributed by atoms with Gasteiger partial charge in [0, 0.05) is 0 Å². The average Bonchev–Trinajstić information content (AvgIpc) is 2.80. The van der Waals surface area contributed by atoms with E-state index in [0.717, 1.165) is 24.2 Å². The van der Waals surface area contributed by atoms with E-state index in [9.17, 15) is 5.11 Å². The summed E-state index contributed by atoms with van der Waals surface area (Å²) in [5, 5.41) is 10.5. The lowest BCUT2D eigenvalue weighted by atomic mass is 9.45. The zero-order valence-electron chi connectivity index (χ0n) is 13.4. The van der Waals surface area contributed by atoms with Gasteiger partial charge >= 0.3 is 0 Å². The van der Waals surface area contributed by atoms with Gasteiger partial charge in [0.2, 0.25) is 0 Å². The third kappa shape index (κ3) is 1.71. The highest BCUT2D eigenvalue weighted by molar-refractivity contribution is 5.07. The quantitative estimate of drug-likeness (QED) is 0.675. The molecule has 1 nitrogen and oxygen atoms in total. The SMILES string of the molecule is C[C@@]12CCC[C@H]1[C@@H]1CC[C@H]3[C@@H](O)CCC[C@]3(C)[C@H]1CC2. The molecule has 0 bridgehead atoms. The predicted octanol–water partition coefficient (Wildman–Crippen LogP) is 4.78. The molecule has 1 N–H and O–H groups in total. The molecule has 0 aromatic carbocycles. The molecule has 0 amide bonds. The van der Waals surface area contributed by atoms with Gasteiger partial charge in [-0.25, -0.2) is 0 Å². The second kappa shape index (κ2) is 4.48. The molecule has 0 unspecified atom stereocenters. The van der Waals surface area contributed by atoms with Crippen molar-refractivity contribution in [3.05, 3.63) is 0 Å². The zero-order chi connectivity index (χ0) is 14.0. The van der Waals surface area contributed by atoms with Gasteiger partial charge in [-0.3, -0.25) is 0 Å². The maximum absolute atomic E-state index is 10.5. The Labute approximate surface area is 124 Å². The lowest BCUT2D eigenvalue weighted by molar-refractivity contribution is -0.139. The molecular weight excluding hydrogens is 244 g/mol. The van der Waals surface area contributed by atoms with Gasteiger partial charge in [0.25, 0.3) is 0 Å². The molecule has 4 aliphatic rings. The molecule has 1 heteroatoms. The highest BCUT2D eigenvalue weighted by atomic mass is 16.3. The van der Waals surface area contributed by atoms with Crippen molar-refractivity contribution in [2.45, 2.75) is 84.2 Å². The lowest BCUT2D eigenvalue weighted by Crippen LogP contribution is -2.54. The monoisotopic (exact) mass is 276 g/mol. The van der Waals surface area contributed by atoms with E-state index in [1.807, 2.05) is 0 Å². The Morgan fingerprint density at radius 2 is 1.55 bits per heavy atom. The molecule has 4 fully saturated rings. The molecule has 4 rings (SSSR count). The predicted molar refractivity (Wildman–Crippen MR) is 82.4 cm³/mol. The van der Waals surface area contributed by atoms with Crippen molar-refractivity contribution >= 4 is 0 Å². The molecular formula is C19H32O. The van der Waals surface area contributed by atoms with Crippen LogP contribution in [0.15, 0.2) is 0 Å². The Morgan fingerprint density at radius 3 is 2.40 bits per heavy atom. The van der Waals surface area contributed by atoms with Crippen LogP contribution in [0, 0.1) is 34.5 Å². The molecule has 0 saturated heterocycles. The summed E-state index contributed by atoms with van der Waals surface area (Å²) in [5.41, 5.74) is 1.14. The first-order valence-corrected chi connectivity index (χ1v) is 9.23. The smallest absolute Gasteiger partial charge is 0.0573 e. The molecule has 0 radical (unpaired) electrons. The standard InChI is InChI=1S/C19H32O/c1-18-10-3-5-14(18)13-7-8-16-17(20)6-4-11-19(16,2)15(13)9-12-18/h13-17,20H,3-12H2,1-2H3/t13-,14-,15-,16-,17-,18-,19+/m0/s1. The van der Waals surface area contributed by atoms with Crippen LogP contribution in [0.5, 0.6) is 0 Å². The van der Waals surface area contributed by atoms with Crippen molar-refractivity contribution in [1.29, 1.82) is 0 Å². The summed E-state index contributed by atoms with van der Waals surface area (Å²) in [4.78, 5) is 0. The summed E-state index contributed by atoms with van der Waals surface area (Å²) < 4.78 is 0. The Balaban J connectivity index is 1.65. The van der Waals surface area contributed by atoms with Gasteiger partial charge < -0.3 is 5.11 Å². The zero-order valence-corrected chi connectivity index (χ0v) is 13.4. The summed E-state index contributed by atoms with van der Waals surface area (Å²) in [5.74, 6) is 3.54. The Bertz CT molecular complexity index is 391. The van der Waals surface area contributed by atoms with Crippen LogP contribution in [0.1, 0.15) is 78.1 Å². The summed E-state index contributed by atoms with van der Waals surface area (Å²) in [6.45, 7) is 5.14. The van der Waals surface area contributed by atoms with Crippen molar-refractivity contribution in [2.75, 3.05) is 0 Å². The lowest BCUT2D eigenvalue weighted by Gasteiger charge is -2.60. The fourth-order valence-corrected chi connectivity index (χ4v) is 7.37. The fourth-order valence-electron chi connectivity index (χ4n) is 7.37. The van der Waals surface area contributed by atoms with E-state index in [-0.39, 0.29) is 6.10 Å². The van der Waals surface area contributed by atoms with E-state index in [1.165, 1.54) is 57.8 Å². The first kappa shape index (κ1) is 13.6. The van der Waals surface area contributed by atoms with Crippen LogP contribution in [-0.2, 0) is 0 Å². The maximum atomic E-state index is 10.5. The van der Waals surface area contributed by atoms with Crippen molar-refractivity contribution in [1.82, 2.24) is 0 Å².